The fourth-order valence-corrected chi connectivity index (χ4v) is 2.65. The SMILES string of the molecule is COc1ccc(CCNC(=O)COc2ccc(Cl)cc2C(C)=O)cc1OC. The van der Waals surface area contributed by atoms with Gasteiger partial charge in [0.25, 0.3) is 5.91 Å². The summed E-state index contributed by atoms with van der Waals surface area (Å²) in [6.07, 6.45) is 0.631. The minimum atomic E-state index is -0.278. The molecule has 0 saturated carbocycles. The second-order valence-electron chi connectivity index (χ2n) is 5.77. The van der Waals surface area contributed by atoms with E-state index in [9.17, 15) is 9.59 Å². The molecule has 144 valence electrons. The Labute approximate surface area is 163 Å². The van der Waals surface area contributed by atoms with Crippen molar-refractivity contribution >= 4 is 23.3 Å². The standard InChI is InChI=1S/C20H22ClNO5/c1-13(23)16-11-15(21)5-7-17(16)27-12-20(24)22-9-8-14-4-6-18(25-2)19(10-14)26-3/h4-7,10-11H,8-9,12H2,1-3H3,(H,22,24). The predicted octanol–water partition coefficient (Wildman–Crippen LogP) is 3.30. The number of methoxy groups -OCH3 is 2. The molecule has 0 aliphatic rings. The van der Waals surface area contributed by atoms with Crippen molar-refractivity contribution in [1.82, 2.24) is 5.32 Å². The van der Waals surface area contributed by atoms with Crippen LogP contribution in [0, 0.1) is 0 Å². The number of halogens is 1. The molecular weight excluding hydrogens is 370 g/mol. The third-order valence-electron chi connectivity index (χ3n) is 3.86. The van der Waals surface area contributed by atoms with Gasteiger partial charge < -0.3 is 19.5 Å². The molecule has 0 radical (unpaired) electrons. The number of ether oxygens (including phenoxy) is 3. The molecule has 0 bridgehead atoms. The average molecular weight is 392 g/mol. The molecule has 0 heterocycles. The monoisotopic (exact) mass is 391 g/mol. The first kappa shape index (κ1) is 20.6. The van der Waals surface area contributed by atoms with E-state index < -0.39 is 0 Å². The van der Waals surface area contributed by atoms with Crippen LogP contribution in [0.4, 0.5) is 0 Å². The molecule has 27 heavy (non-hydrogen) atoms. The quantitative estimate of drug-likeness (QED) is 0.664. The van der Waals surface area contributed by atoms with Crippen LogP contribution in [-0.2, 0) is 11.2 Å². The lowest BCUT2D eigenvalue weighted by atomic mass is 10.1. The Morgan fingerprint density at radius 1 is 1.00 bits per heavy atom. The van der Waals surface area contributed by atoms with Gasteiger partial charge in [-0.3, -0.25) is 9.59 Å². The highest BCUT2D eigenvalue weighted by atomic mass is 35.5. The molecule has 2 aromatic carbocycles. The number of rotatable bonds is 9. The average Bonchev–Trinajstić information content (AvgIpc) is 2.66. The second-order valence-corrected chi connectivity index (χ2v) is 6.21. The Bertz CT molecular complexity index is 822. The number of nitrogens with one attached hydrogen (secondary N) is 1. The van der Waals surface area contributed by atoms with E-state index in [1.807, 2.05) is 18.2 Å². The summed E-state index contributed by atoms with van der Waals surface area (Å²) in [6, 6.07) is 10.3. The Morgan fingerprint density at radius 2 is 1.70 bits per heavy atom. The Kier molecular flexibility index (Phi) is 7.49. The summed E-state index contributed by atoms with van der Waals surface area (Å²) in [5.74, 6) is 1.18. The van der Waals surface area contributed by atoms with Crippen LogP contribution in [0.1, 0.15) is 22.8 Å². The van der Waals surface area contributed by atoms with Gasteiger partial charge in [-0.15, -0.1) is 0 Å². The lowest BCUT2D eigenvalue weighted by molar-refractivity contribution is -0.123. The van der Waals surface area contributed by atoms with Crippen molar-refractivity contribution in [2.75, 3.05) is 27.4 Å². The van der Waals surface area contributed by atoms with Gasteiger partial charge in [-0.25, -0.2) is 0 Å². The van der Waals surface area contributed by atoms with E-state index in [0.717, 1.165) is 5.56 Å². The maximum absolute atomic E-state index is 12.0. The molecule has 0 aliphatic heterocycles. The van der Waals surface area contributed by atoms with Crippen molar-refractivity contribution in [3.05, 3.63) is 52.5 Å². The summed E-state index contributed by atoms with van der Waals surface area (Å²) in [7, 11) is 3.16. The van der Waals surface area contributed by atoms with E-state index in [4.69, 9.17) is 25.8 Å². The molecule has 0 aromatic heterocycles. The van der Waals surface area contributed by atoms with Gasteiger partial charge in [-0.05, 0) is 49.2 Å². The van der Waals surface area contributed by atoms with Crippen LogP contribution in [0.5, 0.6) is 17.2 Å². The van der Waals surface area contributed by atoms with E-state index in [2.05, 4.69) is 5.32 Å². The van der Waals surface area contributed by atoms with Crippen molar-refractivity contribution in [2.24, 2.45) is 0 Å². The highest BCUT2D eigenvalue weighted by molar-refractivity contribution is 6.31. The van der Waals surface area contributed by atoms with Crippen LogP contribution in [0.2, 0.25) is 5.02 Å². The molecule has 0 aliphatic carbocycles. The van der Waals surface area contributed by atoms with Crippen molar-refractivity contribution in [2.45, 2.75) is 13.3 Å². The lowest BCUT2D eigenvalue weighted by Gasteiger charge is -2.11. The summed E-state index contributed by atoms with van der Waals surface area (Å²) in [5.41, 5.74) is 1.35. The Hall–Kier alpha value is -2.73. The maximum atomic E-state index is 12.0. The molecule has 1 N–H and O–H groups in total. The fraction of sp³-hybridized carbons (Fsp3) is 0.300. The number of amides is 1. The van der Waals surface area contributed by atoms with Crippen LogP contribution in [0.3, 0.4) is 0 Å². The number of hydrogen-bond donors (Lipinski definition) is 1. The number of Topliss-reactive ketones (excluding diaryl/α,β-unsaturated/α-hetero) is 1. The summed E-state index contributed by atoms with van der Waals surface area (Å²) < 4.78 is 15.9. The Balaban J connectivity index is 1.84. The van der Waals surface area contributed by atoms with Crippen LogP contribution >= 0.6 is 11.6 Å². The topological polar surface area (TPSA) is 73.9 Å². The summed E-state index contributed by atoms with van der Waals surface area (Å²) in [5, 5.41) is 3.22. The Morgan fingerprint density at radius 3 is 2.37 bits per heavy atom. The molecule has 2 aromatic rings. The molecule has 1 amide bonds. The van der Waals surface area contributed by atoms with Crippen molar-refractivity contribution < 1.29 is 23.8 Å². The van der Waals surface area contributed by atoms with Gasteiger partial charge >= 0.3 is 0 Å². The van der Waals surface area contributed by atoms with Gasteiger partial charge in [0, 0.05) is 11.6 Å². The van der Waals surface area contributed by atoms with Gasteiger partial charge in [0.05, 0.1) is 19.8 Å². The number of hydrogen-bond acceptors (Lipinski definition) is 5. The highest BCUT2D eigenvalue weighted by Gasteiger charge is 2.11. The van der Waals surface area contributed by atoms with Gasteiger partial charge in [-0.1, -0.05) is 17.7 Å². The third kappa shape index (κ3) is 5.89. The van der Waals surface area contributed by atoms with E-state index in [1.165, 1.54) is 13.0 Å². The van der Waals surface area contributed by atoms with Crippen molar-refractivity contribution in [3.63, 3.8) is 0 Å². The predicted molar refractivity (Wildman–Crippen MR) is 103 cm³/mol. The number of carbonyl (C=O) groups is 2. The number of carbonyl (C=O) groups excluding carboxylic acids is 2. The first-order valence-electron chi connectivity index (χ1n) is 8.35. The number of benzene rings is 2. The van der Waals surface area contributed by atoms with Gasteiger partial charge in [-0.2, -0.15) is 0 Å². The molecular formula is C20H22ClNO5. The first-order valence-corrected chi connectivity index (χ1v) is 8.73. The van der Waals surface area contributed by atoms with E-state index in [1.54, 1.807) is 26.4 Å². The minimum Gasteiger partial charge on any atom is -0.493 e. The van der Waals surface area contributed by atoms with Gasteiger partial charge in [0.1, 0.15) is 5.75 Å². The van der Waals surface area contributed by atoms with E-state index in [0.29, 0.717) is 40.8 Å². The molecule has 0 spiro atoms. The second kappa shape index (κ2) is 9.83. The summed E-state index contributed by atoms with van der Waals surface area (Å²) >= 11 is 5.89. The molecule has 7 heteroatoms. The zero-order chi connectivity index (χ0) is 19.8. The summed E-state index contributed by atoms with van der Waals surface area (Å²) in [6.45, 7) is 1.67. The normalized spacial score (nSPS) is 10.2. The van der Waals surface area contributed by atoms with Crippen LogP contribution in [0.15, 0.2) is 36.4 Å². The molecule has 2 rings (SSSR count). The smallest absolute Gasteiger partial charge is 0.257 e. The molecule has 0 fully saturated rings. The van der Waals surface area contributed by atoms with Crippen molar-refractivity contribution in [1.29, 1.82) is 0 Å². The zero-order valence-electron chi connectivity index (χ0n) is 15.5. The number of ketones is 1. The third-order valence-corrected chi connectivity index (χ3v) is 4.10. The minimum absolute atomic E-state index is 0.179. The van der Waals surface area contributed by atoms with Crippen LogP contribution in [0.25, 0.3) is 0 Å². The van der Waals surface area contributed by atoms with Gasteiger partial charge in [0.15, 0.2) is 23.9 Å². The zero-order valence-corrected chi connectivity index (χ0v) is 16.3. The van der Waals surface area contributed by atoms with Gasteiger partial charge in [0.2, 0.25) is 0 Å². The maximum Gasteiger partial charge on any atom is 0.257 e. The molecule has 0 unspecified atom stereocenters. The van der Waals surface area contributed by atoms with Crippen LogP contribution in [-0.4, -0.2) is 39.1 Å². The van der Waals surface area contributed by atoms with Crippen LogP contribution < -0.4 is 19.5 Å². The lowest BCUT2D eigenvalue weighted by Crippen LogP contribution is -2.30. The summed E-state index contributed by atoms with van der Waals surface area (Å²) in [4.78, 5) is 23.6. The fourth-order valence-electron chi connectivity index (χ4n) is 2.48. The van der Waals surface area contributed by atoms with E-state index >= 15 is 0 Å². The largest absolute Gasteiger partial charge is 0.493 e. The molecule has 0 atom stereocenters. The molecule has 0 saturated heterocycles. The highest BCUT2D eigenvalue weighted by Crippen LogP contribution is 2.27. The van der Waals surface area contributed by atoms with E-state index in [-0.39, 0.29) is 18.3 Å². The molecule has 6 nitrogen and oxygen atoms in total. The van der Waals surface area contributed by atoms with Crippen molar-refractivity contribution in [3.8, 4) is 17.2 Å². The first-order chi connectivity index (χ1) is 12.9.